The number of likely N-dealkylation sites (N-methyl/N-ethyl adjacent to an activating group) is 1. The normalized spacial score (nSPS) is 21.6. The molecule has 3 rings (SSSR count). The zero-order valence-electron chi connectivity index (χ0n) is 16.4. The van der Waals surface area contributed by atoms with E-state index >= 15 is 0 Å². The molecule has 1 aromatic rings. The first kappa shape index (κ1) is 20.2. The van der Waals surface area contributed by atoms with Crippen LogP contribution in [0.1, 0.15) is 18.4 Å². The zero-order chi connectivity index (χ0) is 19.1. The van der Waals surface area contributed by atoms with Gasteiger partial charge in [-0.2, -0.15) is 0 Å². The molecular weight excluding hydrogens is 345 g/mol. The Kier molecular flexibility index (Phi) is 7.61. The number of halogens is 1. The molecule has 2 aliphatic rings. The van der Waals surface area contributed by atoms with Crippen LogP contribution in [0.15, 0.2) is 24.3 Å². The minimum Gasteiger partial charge on any atom is -0.378 e. The number of carbonyl (C=O) groups excluding carboxylic acids is 1. The van der Waals surface area contributed by atoms with E-state index in [9.17, 15) is 9.18 Å². The minimum atomic E-state index is -0.175. The molecule has 0 unspecified atom stereocenters. The van der Waals surface area contributed by atoms with Gasteiger partial charge >= 0.3 is 0 Å². The molecule has 5 nitrogen and oxygen atoms in total. The Morgan fingerprint density at radius 1 is 1.22 bits per heavy atom. The third-order valence-electron chi connectivity index (χ3n) is 5.57. The number of benzene rings is 1. The van der Waals surface area contributed by atoms with Gasteiger partial charge in [-0.25, -0.2) is 4.39 Å². The summed E-state index contributed by atoms with van der Waals surface area (Å²) in [5.74, 6) is 0.644. The number of likely N-dealkylation sites (tertiary alicyclic amines) is 1. The van der Waals surface area contributed by atoms with Crippen molar-refractivity contribution in [3.8, 4) is 0 Å². The summed E-state index contributed by atoms with van der Waals surface area (Å²) in [5.41, 5.74) is 1.19. The third kappa shape index (κ3) is 6.55. The van der Waals surface area contributed by atoms with Gasteiger partial charge in [0.15, 0.2) is 0 Å². The van der Waals surface area contributed by atoms with Gasteiger partial charge in [0, 0.05) is 32.7 Å². The summed E-state index contributed by atoms with van der Waals surface area (Å²) < 4.78 is 18.3. The number of ether oxygens (including phenoxy) is 1. The molecule has 0 bridgehead atoms. The summed E-state index contributed by atoms with van der Waals surface area (Å²) in [6, 6.07) is 6.83. The third-order valence-corrected chi connectivity index (χ3v) is 5.57. The van der Waals surface area contributed by atoms with Crippen LogP contribution in [0.25, 0.3) is 0 Å². The van der Waals surface area contributed by atoms with Crippen molar-refractivity contribution in [1.29, 1.82) is 0 Å². The lowest BCUT2D eigenvalue weighted by molar-refractivity contribution is -0.136. The van der Waals surface area contributed by atoms with Crippen LogP contribution in [0.4, 0.5) is 4.39 Å². The molecule has 1 atom stereocenters. The maximum Gasteiger partial charge on any atom is 0.236 e. The molecule has 0 aromatic heterocycles. The van der Waals surface area contributed by atoms with Crippen LogP contribution < -0.4 is 0 Å². The monoisotopic (exact) mass is 377 g/mol. The number of piperidine rings is 1. The number of hydrogen-bond acceptors (Lipinski definition) is 4. The van der Waals surface area contributed by atoms with E-state index in [2.05, 4.69) is 16.8 Å². The highest BCUT2D eigenvalue weighted by Crippen LogP contribution is 2.18. The molecule has 27 heavy (non-hydrogen) atoms. The minimum absolute atomic E-state index is 0.175. The molecule has 6 heteroatoms. The highest BCUT2D eigenvalue weighted by molar-refractivity contribution is 5.78. The molecule has 1 amide bonds. The first-order chi connectivity index (χ1) is 13.1. The van der Waals surface area contributed by atoms with Crippen molar-refractivity contribution in [2.24, 2.45) is 5.92 Å². The van der Waals surface area contributed by atoms with Gasteiger partial charge in [-0.15, -0.1) is 0 Å². The van der Waals surface area contributed by atoms with Crippen molar-refractivity contribution in [2.75, 3.05) is 66.1 Å². The second-order valence-electron chi connectivity index (χ2n) is 7.88. The molecule has 0 radical (unpaired) electrons. The van der Waals surface area contributed by atoms with Crippen molar-refractivity contribution < 1.29 is 13.9 Å². The Labute approximate surface area is 162 Å². The van der Waals surface area contributed by atoms with E-state index < -0.39 is 0 Å². The van der Waals surface area contributed by atoms with Crippen LogP contribution in [-0.4, -0.2) is 86.7 Å². The average molecular weight is 378 g/mol. The maximum atomic E-state index is 13.0. The number of nitrogens with zero attached hydrogens (tertiary/aromatic N) is 3. The molecule has 0 saturated carbocycles. The Morgan fingerprint density at radius 2 is 1.96 bits per heavy atom. The van der Waals surface area contributed by atoms with Gasteiger partial charge in [0.2, 0.25) is 5.91 Å². The van der Waals surface area contributed by atoms with Crippen LogP contribution in [0.5, 0.6) is 0 Å². The van der Waals surface area contributed by atoms with Gasteiger partial charge in [0.1, 0.15) is 5.82 Å². The summed E-state index contributed by atoms with van der Waals surface area (Å²) in [5, 5.41) is 0. The lowest BCUT2D eigenvalue weighted by Crippen LogP contribution is -2.47. The van der Waals surface area contributed by atoms with Crippen LogP contribution in [-0.2, 0) is 16.0 Å². The van der Waals surface area contributed by atoms with Crippen molar-refractivity contribution in [3.63, 3.8) is 0 Å². The molecule has 2 fully saturated rings. The molecule has 2 heterocycles. The summed E-state index contributed by atoms with van der Waals surface area (Å²) >= 11 is 0. The van der Waals surface area contributed by atoms with Crippen LogP contribution in [0.3, 0.4) is 0 Å². The van der Waals surface area contributed by atoms with E-state index in [1.807, 2.05) is 17.0 Å². The van der Waals surface area contributed by atoms with E-state index in [0.717, 1.165) is 32.6 Å². The fraction of sp³-hybridized carbons (Fsp3) is 0.667. The van der Waals surface area contributed by atoms with Crippen LogP contribution in [0, 0.1) is 11.7 Å². The molecule has 0 spiro atoms. The largest absolute Gasteiger partial charge is 0.378 e. The smallest absolute Gasteiger partial charge is 0.236 e. The van der Waals surface area contributed by atoms with Gasteiger partial charge in [0.05, 0.1) is 19.8 Å². The maximum absolute atomic E-state index is 13.0. The number of morpholine rings is 1. The summed E-state index contributed by atoms with van der Waals surface area (Å²) in [4.78, 5) is 19.0. The predicted octanol–water partition coefficient (Wildman–Crippen LogP) is 1.87. The Morgan fingerprint density at radius 3 is 2.70 bits per heavy atom. The quantitative estimate of drug-likeness (QED) is 0.727. The van der Waals surface area contributed by atoms with Crippen LogP contribution >= 0.6 is 0 Å². The number of carbonyl (C=O) groups is 1. The highest BCUT2D eigenvalue weighted by Gasteiger charge is 2.23. The highest BCUT2D eigenvalue weighted by atomic mass is 19.1. The van der Waals surface area contributed by atoms with Crippen molar-refractivity contribution in [1.82, 2.24) is 14.7 Å². The first-order valence-electron chi connectivity index (χ1n) is 10.1. The van der Waals surface area contributed by atoms with Gasteiger partial charge in [-0.3, -0.25) is 9.69 Å². The van der Waals surface area contributed by atoms with E-state index in [1.165, 1.54) is 30.5 Å². The lowest BCUT2D eigenvalue weighted by atomic mass is 9.97. The van der Waals surface area contributed by atoms with E-state index in [1.54, 1.807) is 0 Å². The molecule has 2 aliphatic heterocycles. The van der Waals surface area contributed by atoms with Gasteiger partial charge in [-0.1, -0.05) is 12.1 Å². The topological polar surface area (TPSA) is 36.0 Å². The van der Waals surface area contributed by atoms with E-state index in [4.69, 9.17) is 4.74 Å². The Hall–Kier alpha value is -1.50. The predicted molar refractivity (Wildman–Crippen MR) is 104 cm³/mol. The molecule has 1 aromatic carbocycles. The lowest BCUT2D eigenvalue weighted by Gasteiger charge is -2.35. The van der Waals surface area contributed by atoms with Gasteiger partial charge in [0.25, 0.3) is 0 Å². The molecule has 0 N–H and O–H groups in total. The summed E-state index contributed by atoms with van der Waals surface area (Å²) in [7, 11) is 2.05. The Balaban J connectivity index is 1.39. The Bertz CT molecular complexity index is 590. The molecule has 0 aliphatic carbocycles. The standard InChI is InChI=1S/C21H32FN3O2/c1-23(17-21(26)25-11-13-27-14-12-25)15-19-3-2-9-24(16-19)10-8-18-4-6-20(22)7-5-18/h4-7,19H,2-3,8-17H2,1H3/t19-/m0/s1. The number of rotatable bonds is 7. The second kappa shape index (κ2) is 10.2. The van der Waals surface area contributed by atoms with Gasteiger partial charge in [-0.05, 0) is 56.5 Å². The van der Waals surface area contributed by atoms with Crippen molar-refractivity contribution >= 4 is 5.91 Å². The SMILES string of the molecule is CN(CC(=O)N1CCOCC1)C[C@@H]1CCCN(CCc2ccc(F)cc2)C1. The van der Waals surface area contributed by atoms with Crippen molar-refractivity contribution in [2.45, 2.75) is 19.3 Å². The van der Waals surface area contributed by atoms with E-state index in [0.29, 0.717) is 38.8 Å². The fourth-order valence-electron chi connectivity index (χ4n) is 4.09. The second-order valence-corrected chi connectivity index (χ2v) is 7.88. The summed E-state index contributed by atoms with van der Waals surface area (Å²) in [6.45, 7) is 7.42. The first-order valence-corrected chi connectivity index (χ1v) is 10.1. The molecule has 150 valence electrons. The average Bonchev–Trinajstić information content (AvgIpc) is 2.68. The molecular formula is C21H32FN3O2. The van der Waals surface area contributed by atoms with Crippen molar-refractivity contribution in [3.05, 3.63) is 35.6 Å². The van der Waals surface area contributed by atoms with Gasteiger partial charge < -0.3 is 14.5 Å². The number of hydrogen-bond donors (Lipinski definition) is 0. The fourth-order valence-corrected chi connectivity index (χ4v) is 4.09. The zero-order valence-corrected chi connectivity index (χ0v) is 16.4. The number of amides is 1. The molecule has 2 saturated heterocycles. The van der Waals surface area contributed by atoms with E-state index in [-0.39, 0.29) is 11.7 Å². The van der Waals surface area contributed by atoms with Crippen LogP contribution in [0.2, 0.25) is 0 Å². The summed E-state index contributed by atoms with van der Waals surface area (Å²) in [6.07, 6.45) is 3.39.